The van der Waals surface area contributed by atoms with Crippen LogP contribution in [0.4, 0.5) is 0 Å². The molecule has 2 aromatic rings. The molecule has 34 heavy (non-hydrogen) atoms. The normalized spacial score (nSPS) is 13.3. The highest BCUT2D eigenvalue weighted by molar-refractivity contribution is 14.1. The van der Waals surface area contributed by atoms with Crippen LogP contribution < -0.4 is 29.7 Å². The number of hydrogen-bond donors (Lipinski definition) is 2. The Hall–Kier alpha value is -3.02. The smallest absolute Gasteiger partial charge is 0.262 e. The van der Waals surface area contributed by atoms with Crippen molar-refractivity contribution in [3.8, 4) is 23.0 Å². The Bertz CT molecular complexity index is 1090. The number of carbonyl (C=O) groups excluding carboxylic acids is 2. The maximum Gasteiger partial charge on any atom is 0.262 e. The van der Waals surface area contributed by atoms with Gasteiger partial charge in [-0.15, -0.1) is 0 Å². The van der Waals surface area contributed by atoms with Gasteiger partial charge in [-0.1, -0.05) is 13.8 Å². The minimum absolute atomic E-state index is 0.00191. The maximum absolute atomic E-state index is 12.8. The van der Waals surface area contributed by atoms with Crippen molar-refractivity contribution in [2.45, 2.75) is 39.8 Å². The van der Waals surface area contributed by atoms with Crippen molar-refractivity contribution in [3.63, 3.8) is 0 Å². The lowest BCUT2D eigenvalue weighted by molar-refractivity contribution is -0.123. The van der Waals surface area contributed by atoms with E-state index in [-0.39, 0.29) is 18.8 Å². The van der Waals surface area contributed by atoms with Gasteiger partial charge in [0.1, 0.15) is 6.04 Å². The molecule has 0 saturated heterocycles. The largest absolute Gasteiger partial charge is 0.493 e. The SMILES string of the molecule is COc1cc(C=NNC(=O)C(NC(=O)c2ccc3c(c2)OCO3)C(C)C)cc(I)c1OC(C)C. The van der Waals surface area contributed by atoms with Crippen LogP contribution in [0.15, 0.2) is 35.4 Å². The molecule has 0 fully saturated rings. The van der Waals surface area contributed by atoms with Crippen molar-refractivity contribution in [3.05, 3.63) is 45.0 Å². The Morgan fingerprint density at radius 1 is 1.12 bits per heavy atom. The molecule has 0 bridgehead atoms. The van der Waals surface area contributed by atoms with Crippen LogP contribution in [0, 0.1) is 9.49 Å². The van der Waals surface area contributed by atoms with Crippen LogP contribution in [0.25, 0.3) is 0 Å². The summed E-state index contributed by atoms with van der Waals surface area (Å²) in [5, 5.41) is 6.83. The lowest BCUT2D eigenvalue weighted by atomic mass is 10.0. The molecule has 2 aromatic carbocycles. The Balaban J connectivity index is 1.66. The third-order valence-corrected chi connectivity index (χ3v) is 5.67. The Kier molecular flexibility index (Phi) is 8.59. The van der Waals surface area contributed by atoms with Gasteiger partial charge in [0.25, 0.3) is 11.8 Å². The number of fused-ring (bicyclic) bond motifs is 1. The second-order valence-electron chi connectivity index (χ2n) is 8.20. The number of nitrogens with zero attached hydrogens (tertiary/aromatic N) is 1. The van der Waals surface area contributed by atoms with E-state index in [1.165, 1.54) is 6.21 Å². The molecular weight excluding hydrogens is 553 g/mol. The number of nitrogens with one attached hydrogen (secondary N) is 2. The van der Waals surface area contributed by atoms with Crippen LogP contribution >= 0.6 is 22.6 Å². The van der Waals surface area contributed by atoms with Gasteiger partial charge in [-0.2, -0.15) is 5.10 Å². The first-order valence-electron chi connectivity index (χ1n) is 10.8. The number of methoxy groups -OCH3 is 1. The van der Waals surface area contributed by atoms with E-state index < -0.39 is 17.9 Å². The van der Waals surface area contributed by atoms with E-state index in [9.17, 15) is 9.59 Å². The Morgan fingerprint density at radius 2 is 1.85 bits per heavy atom. The number of amides is 2. The zero-order valence-electron chi connectivity index (χ0n) is 19.7. The molecule has 1 aliphatic rings. The van der Waals surface area contributed by atoms with Gasteiger partial charge < -0.3 is 24.3 Å². The molecule has 0 spiro atoms. The molecule has 1 aliphatic heterocycles. The summed E-state index contributed by atoms with van der Waals surface area (Å²) in [6.45, 7) is 7.69. The fourth-order valence-electron chi connectivity index (χ4n) is 3.20. The molecule has 1 heterocycles. The fourth-order valence-corrected chi connectivity index (χ4v) is 3.95. The van der Waals surface area contributed by atoms with Gasteiger partial charge in [0, 0.05) is 5.56 Å². The summed E-state index contributed by atoms with van der Waals surface area (Å²) >= 11 is 2.16. The van der Waals surface area contributed by atoms with Crippen LogP contribution in [-0.2, 0) is 4.79 Å². The van der Waals surface area contributed by atoms with Gasteiger partial charge in [-0.3, -0.25) is 9.59 Å². The molecule has 0 saturated carbocycles. The Labute approximate surface area is 212 Å². The van der Waals surface area contributed by atoms with Gasteiger partial charge in [0.2, 0.25) is 6.79 Å². The average Bonchev–Trinajstić information content (AvgIpc) is 3.26. The summed E-state index contributed by atoms with van der Waals surface area (Å²) in [5.41, 5.74) is 3.61. The number of rotatable bonds is 9. The molecule has 3 rings (SSSR count). The summed E-state index contributed by atoms with van der Waals surface area (Å²) in [6.07, 6.45) is 1.51. The molecule has 1 atom stereocenters. The lowest BCUT2D eigenvalue weighted by Gasteiger charge is -2.20. The number of carbonyl (C=O) groups is 2. The van der Waals surface area contributed by atoms with Crippen molar-refractivity contribution >= 4 is 40.6 Å². The number of halogens is 1. The predicted molar refractivity (Wildman–Crippen MR) is 136 cm³/mol. The average molecular weight is 581 g/mol. The molecule has 0 aliphatic carbocycles. The van der Waals surface area contributed by atoms with E-state index in [0.29, 0.717) is 28.6 Å². The zero-order chi connectivity index (χ0) is 24.8. The number of benzene rings is 2. The summed E-state index contributed by atoms with van der Waals surface area (Å²) < 4.78 is 22.7. The maximum atomic E-state index is 12.8. The topological polar surface area (TPSA) is 107 Å². The highest BCUT2D eigenvalue weighted by atomic mass is 127. The van der Waals surface area contributed by atoms with E-state index >= 15 is 0 Å². The van der Waals surface area contributed by atoms with E-state index in [1.54, 1.807) is 31.4 Å². The summed E-state index contributed by atoms with van der Waals surface area (Å²) in [4.78, 5) is 25.5. The molecule has 9 nitrogen and oxygen atoms in total. The van der Waals surface area contributed by atoms with Crippen LogP contribution in [0.1, 0.15) is 43.6 Å². The van der Waals surface area contributed by atoms with Crippen molar-refractivity contribution in [1.82, 2.24) is 10.7 Å². The highest BCUT2D eigenvalue weighted by Gasteiger charge is 2.25. The molecule has 0 radical (unpaired) electrons. The first kappa shape index (κ1) is 25.6. The van der Waals surface area contributed by atoms with Gasteiger partial charge in [0.15, 0.2) is 23.0 Å². The molecule has 10 heteroatoms. The van der Waals surface area contributed by atoms with E-state index in [0.717, 1.165) is 9.13 Å². The molecule has 182 valence electrons. The van der Waals surface area contributed by atoms with Crippen LogP contribution in [0.5, 0.6) is 23.0 Å². The second kappa shape index (κ2) is 11.4. The molecule has 0 aromatic heterocycles. The number of hydrazone groups is 1. The van der Waals surface area contributed by atoms with Crippen molar-refractivity contribution < 1.29 is 28.5 Å². The summed E-state index contributed by atoms with van der Waals surface area (Å²) in [7, 11) is 1.57. The van der Waals surface area contributed by atoms with Gasteiger partial charge in [-0.05, 0) is 78.3 Å². The van der Waals surface area contributed by atoms with Crippen molar-refractivity contribution in [1.29, 1.82) is 0 Å². The standard InChI is InChI=1S/C24H28IN3O6/c1-13(2)21(27-23(29)16-6-7-18-19(10-16)33-12-32-18)24(30)28-26-11-15-8-17(25)22(34-14(3)4)20(9-15)31-5/h6-11,13-14,21H,12H2,1-5H3,(H,27,29)(H,28,30). The minimum Gasteiger partial charge on any atom is -0.493 e. The summed E-state index contributed by atoms with van der Waals surface area (Å²) in [6, 6.07) is 7.74. The third kappa shape index (κ3) is 6.31. The highest BCUT2D eigenvalue weighted by Crippen LogP contribution is 2.34. The van der Waals surface area contributed by atoms with Crippen LogP contribution in [0.2, 0.25) is 0 Å². The molecule has 2 N–H and O–H groups in total. The van der Waals surface area contributed by atoms with Crippen molar-refractivity contribution in [2.24, 2.45) is 11.0 Å². The van der Waals surface area contributed by atoms with Crippen LogP contribution in [-0.4, -0.2) is 44.1 Å². The van der Waals surface area contributed by atoms with Gasteiger partial charge in [0.05, 0.1) is 23.0 Å². The first-order chi connectivity index (χ1) is 16.2. The van der Waals surface area contributed by atoms with E-state index in [1.807, 2.05) is 33.8 Å². The lowest BCUT2D eigenvalue weighted by Crippen LogP contribution is -2.48. The number of hydrogen-bond acceptors (Lipinski definition) is 7. The van der Waals surface area contributed by atoms with E-state index in [2.05, 4.69) is 38.4 Å². The summed E-state index contributed by atoms with van der Waals surface area (Å²) in [5.74, 6) is 1.33. The first-order valence-corrected chi connectivity index (χ1v) is 11.8. The molecule has 1 unspecified atom stereocenters. The quantitative estimate of drug-likeness (QED) is 0.266. The second-order valence-corrected chi connectivity index (χ2v) is 9.36. The van der Waals surface area contributed by atoms with E-state index in [4.69, 9.17) is 18.9 Å². The number of ether oxygens (including phenoxy) is 4. The fraction of sp³-hybridized carbons (Fsp3) is 0.375. The minimum atomic E-state index is -0.786. The van der Waals surface area contributed by atoms with Gasteiger partial charge in [-0.25, -0.2) is 5.43 Å². The zero-order valence-corrected chi connectivity index (χ0v) is 21.8. The van der Waals surface area contributed by atoms with Crippen molar-refractivity contribution in [2.75, 3.05) is 13.9 Å². The van der Waals surface area contributed by atoms with Crippen LogP contribution in [0.3, 0.4) is 0 Å². The molecule has 2 amide bonds. The Morgan fingerprint density at radius 3 is 2.53 bits per heavy atom. The van der Waals surface area contributed by atoms with Gasteiger partial charge >= 0.3 is 0 Å². The third-order valence-electron chi connectivity index (χ3n) is 4.86. The monoisotopic (exact) mass is 581 g/mol. The predicted octanol–water partition coefficient (Wildman–Crippen LogP) is 3.72. The molecular formula is C24H28IN3O6.